The van der Waals surface area contributed by atoms with Gasteiger partial charge in [-0.05, 0) is 38.1 Å². The van der Waals surface area contributed by atoms with E-state index in [0.717, 1.165) is 33.5 Å². The normalized spacial score (nSPS) is 10.3. The maximum Gasteiger partial charge on any atom is 0.0998 e. The average molecular weight is 273 g/mol. The Morgan fingerprint density at radius 2 is 1.62 bits per heavy atom. The number of anilines is 2. The molecule has 21 heavy (non-hydrogen) atoms. The van der Waals surface area contributed by atoms with Crippen molar-refractivity contribution in [2.24, 2.45) is 0 Å². The lowest BCUT2D eigenvalue weighted by Gasteiger charge is -2.12. The number of nitrogens with zero attached hydrogens (tertiary/aromatic N) is 2. The Labute approximate surface area is 123 Å². The van der Waals surface area contributed by atoms with Crippen LogP contribution in [0.25, 0.3) is 10.8 Å². The number of aromatic nitrogens is 1. The lowest BCUT2D eigenvalue weighted by molar-refractivity contribution is 1.12. The van der Waals surface area contributed by atoms with Gasteiger partial charge in [0.05, 0.1) is 23.0 Å². The van der Waals surface area contributed by atoms with Crippen LogP contribution in [-0.2, 0) is 0 Å². The van der Waals surface area contributed by atoms with Crippen LogP contribution in [0.4, 0.5) is 11.4 Å². The summed E-state index contributed by atoms with van der Waals surface area (Å²) in [6.45, 7) is 3.97. The van der Waals surface area contributed by atoms with E-state index in [4.69, 9.17) is 0 Å². The summed E-state index contributed by atoms with van der Waals surface area (Å²) in [7, 11) is 0. The van der Waals surface area contributed by atoms with Gasteiger partial charge in [-0.15, -0.1) is 0 Å². The molecule has 0 aliphatic rings. The van der Waals surface area contributed by atoms with Gasteiger partial charge in [-0.25, -0.2) is 0 Å². The van der Waals surface area contributed by atoms with Crippen molar-refractivity contribution in [3.8, 4) is 6.07 Å². The van der Waals surface area contributed by atoms with Crippen LogP contribution in [0.3, 0.4) is 0 Å². The van der Waals surface area contributed by atoms with Gasteiger partial charge in [-0.3, -0.25) is 4.98 Å². The van der Waals surface area contributed by atoms with Crippen LogP contribution in [0, 0.1) is 25.2 Å². The molecule has 3 aromatic rings. The standard InChI is InChI=1S/C18H15N3/c1-12-7-9-17(13(2)20-12)21-18-10-8-14(11-19)15-5-3-4-6-16(15)18/h3-10,21H,1-2H3. The van der Waals surface area contributed by atoms with Crippen LogP contribution in [0.15, 0.2) is 48.5 Å². The van der Waals surface area contributed by atoms with Crippen LogP contribution in [0.5, 0.6) is 0 Å². The molecule has 0 bridgehead atoms. The molecule has 1 aromatic heterocycles. The zero-order chi connectivity index (χ0) is 14.8. The highest BCUT2D eigenvalue weighted by Crippen LogP contribution is 2.29. The minimum absolute atomic E-state index is 0.690. The third kappa shape index (κ3) is 2.44. The lowest BCUT2D eigenvalue weighted by Crippen LogP contribution is -1.97. The Morgan fingerprint density at radius 3 is 2.33 bits per heavy atom. The zero-order valence-corrected chi connectivity index (χ0v) is 12.0. The number of pyridine rings is 1. The highest BCUT2D eigenvalue weighted by molar-refractivity contribution is 5.98. The molecule has 0 unspecified atom stereocenters. The molecular formula is C18H15N3. The summed E-state index contributed by atoms with van der Waals surface area (Å²) >= 11 is 0. The molecule has 0 spiro atoms. The number of fused-ring (bicyclic) bond motifs is 1. The highest BCUT2D eigenvalue weighted by atomic mass is 14.9. The minimum Gasteiger partial charge on any atom is -0.354 e. The highest BCUT2D eigenvalue weighted by Gasteiger charge is 2.07. The Bertz CT molecular complexity index is 860. The van der Waals surface area contributed by atoms with E-state index in [1.807, 2.05) is 62.4 Å². The molecule has 0 fully saturated rings. The van der Waals surface area contributed by atoms with E-state index in [0.29, 0.717) is 5.56 Å². The van der Waals surface area contributed by atoms with Gasteiger partial charge in [0.25, 0.3) is 0 Å². The van der Waals surface area contributed by atoms with E-state index in [1.54, 1.807) is 0 Å². The first kappa shape index (κ1) is 13.1. The van der Waals surface area contributed by atoms with Crippen LogP contribution >= 0.6 is 0 Å². The van der Waals surface area contributed by atoms with Crippen molar-refractivity contribution >= 4 is 22.1 Å². The Balaban J connectivity index is 2.12. The van der Waals surface area contributed by atoms with Gasteiger partial charge in [0.1, 0.15) is 0 Å². The van der Waals surface area contributed by atoms with E-state index < -0.39 is 0 Å². The Kier molecular flexibility index (Phi) is 3.29. The van der Waals surface area contributed by atoms with Crippen molar-refractivity contribution in [3.05, 3.63) is 65.5 Å². The molecule has 102 valence electrons. The second-order valence-electron chi connectivity index (χ2n) is 5.03. The van der Waals surface area contributed by atoms with Gasteiger partial charge in [0, 0.05) is 22.2 Å². The predicted octanol–water partition coefficient (Wildman–Crippen LogP) is 4.47. The van der Waals surface area contributed by atoms with E-state index in [1.165, 1.54) is 0 Å². The molecule has 3 nitrogen and oxygen atoms in total. The Morgan fingerprint density at radius 1 is 0.905 bits per heavy atom. The fourth-order valence-electron chi connectivity index (χ4n) is 2.47. The van der Waals surface area contributed by atoms with Crippen molar-refractivity contribution in [1.29, 1.82) is 5.26 Å². The van der Waals surface area contributed by atoms with Crippen molar-refractivity contribution < 1.29 is 0 Å². The second-order valence-corrected chi connectivity index (χ2v) is 5.03. The molecule has 1 heterocycles. The van der Waals surface area contributed by atoms with Gasteiger partial charge in [0.15, 0.2) is 0 Å². The molecular weight excluding hydrogens is 258 g/mol. The maximum atomic E-state index is 9.21. The van der Waals surface area contributed by atoms with Gasteiger partial charge < -0.3 is 5.32 Å². The molecule has 0 saturated heterocycles. The van der Waals surface area contributed by atoms with Crippen LogP contribution in [-0.4, -0.2) is 4.98 Å². The van der Waals surface area contributed by atoms with Crippen molar-refractivity contribution in [2.75, 3.05) is 5.32 Å². The SMILES string of the molecule is Cc1ccc(Nc2ccc(C#N)c3ccccc23)c(C)n1. The second kappa shape index (κ2) is 5.26. The molecule has 1 N–H and O–H groups in total. The number of nitrogens with one attached hydrogen (secondary N) is 1. The zero-order valence-electron chi connectivity index (χ0n) is 12.0. The maximum absolute atomic E-state index is 9.21. The first-order chi connectivity index (χ1) is 10.2. The molecule has 0 radical (unpaired) electrons. The summed E-state index contributed by atoms with van der Waals surface area (Å²) in [5, 5.41) is 14.6. The molecule has 0 amide bonds. The van der Waals surface area contributed by atoms with E-state index >= 15 is 0 Å². The molecule has 0 saturated carbocycles. The third-order valence-electron chi connectivity index (χ3n) is 3.54. The monoisotopic (exact) mass is 273 g/mol. The summed E-state index contributed by atoms with van der Waals surface area (Å²) in [5.41, 5.74) is 4.62. The number of nitriles is 1. The average Bonchev–Trinajstić information content (AvgIpc) is 2.50. The van der Waals surface area contributed by atoms with Crippen LogP contribution < -0.4 is 5.32 Å². The fraction of sp³-hybridized carbons (Fsp3) is 0.111. The summed E-state index contributed by atoms with van der Waals surface area (Å²) < 4.78 is 0. The molecule has 3 heteroatoms. The topological polar surface area (TPSA) is 48.7 Å². The third-order valence-corrected chi connectivity index (χ3v) is 3.54. The fourth-order valence-corrected chi connectivity index (χ4v) is 2.47. The first-order valence-electron chi connectivity index (χ1n) is 6.82. The smallest absolute Gasteiger partial charge is 0.0998 e. The van der Waals surface area contributed by atoms with Gasteiger partial charge >= 0.3 is 0 Å². The summed E-state index contributed by atoms with van der Waals surface area (Å²) in [6, 6.07) is 18.0. The number of aryl methyl sites for hydroxylation is 2. The number of hydrogen-bond acceptors (Lipinski definition) is 3. The number of benzene rings is 2. The summed E-state index contributed by atoms with van der Waals surface area (Å²) in [4.78, 5) is 4.47. The largest absolute Gasteiger partial charge is 0.354 e. The quantitative estimate of drug-likeness (QED) is 0.749. The van der Waals surface area contributed by atoms with Gasteiger partial charge in [-0.2, -0.15) is 5.26 Å². The molecule has 3 rings (SSSR count). The van der Waals surface area contributed by atoms with E-state index in [2.05, 4.69) is 16.4 Å². The molecule has 0 aliphatic heterocycles. The summed E-state index contributed by atoms with van der Waals surface area (Å²) in [6.07, 6.45) is 0. The van der Waals surface area contributed by atoms with Gasteiger partial charge in [-0.1, -0.05) is 24.3 Å². The Hall–Kier alpha value is -2.86. The molecule has 0 aliphatic carbocycles. The van der Waals surface area contributed by atoms with Crippen molar-refractivity contribution in [3.63, 3.8) is 0 Å². The predicted molar refractivity (Wildman–Crippen MR) is 85.7 cm³/mol. The van der Waals surface area contributed by atoms with Crippen LogP contribution in [0.2, 0.25) is 0 Å². The lowest BCUT2D eigenvalue weighted by atomic mass is 10.0. The molecule has 0 atom stereocenters. The first-order valence-corrected chi connectivity index (χ1v) is 6.82. The number of hydrogen-bond donors (Lipinski definition) is 1. The minimum atomic E-state index is 0.690. The van der Waals surface area contributed by atoms with Crippen LogP contribution in [0.1, 0.15) is 17.0 Å². The number of rotatable bonds is 2. The van der Waals surface area contributed by atoms with Crippen molar-refractivity contribution in [2.45, 2.75) is 13.8 Å². The van der Waals surface area contributed by atoms with Gasteiger partial charge in [0.2, 0.25) is 0 Å². The summed E-state index contributed by atoms with van der Waals surface area (Å²) in [5.74, 6) is 0. The van der Waals surface area contributed by atoms with Crippen molar-refractivity contribution in [1.82, 2.24) is 4.98 Å². The van der Waals surface area contributed by atoms with E-state index in [9.17, 15) is 5.26 Å². The van der Waals surface area contributed by atoms with E-state index in [-0.39, 0.29) is 0 Å². The molecule has 2 aromatic carbocycles.